The van der Waals surface area contributed by atoms with Crippen LogP contribution in [-0.2, 0) is 9.53 Å². The molecule has 1 amide bonds. The number of nitrogens with one attached hydrogen (secondary N) is 1. The summed E-state index contributed by atoms with van der Waals surface area (Å²) in [6.45, 7) is -2.08. The monoisotopic (exact) mass is 297 g/mol. The Morgan fingerprint density at radius 1 is 1.30 bits per heavy atom. The van der Waals surface area contributed by atoms with Crippen molar-refractivity contribution in [2.75, 3.05) is 19.8 Å². The zero-order valence-electron chi connectivity index (χ0n) is 11.4. The lowest BCUT2D eigenvalue weighted by atomic mass is 9.83. The van der Waals surface area contributed by atoms with Gasteiger partial charge in [0.1, 0.15) is 13.2 Å². The Morgan fingerprint density at radius 2 is 1.95 bits per heavy atom. The summed E-state index contributed by atoms with van der Waals surface area (Å²) >= 11 is 0. The van der Waals surface area contributed by atoms with E-state index >= 15 is 0 Å². The van der Waals surface area contributed by atoms with E-state index in [1.54, 1.807) is 0 Å². The lowest BCUT2D eigenvalue weighted by Gasteiger charge is -2.30. The molecule has 0 spiro atoms. The Bertz CT molecular complexity index is 291. The molecular formula is C13H22F3NO3. The fourth-order valence-corrected chi connectivity index (χ4v) is 2.61. The van der Waals surface area contributed by atoms with Crippen LogP contribution in [0.25, 0.3) is 0 Å². The largest absolute Gasteiger partial charge is 0.411 e. The number of rotatable bonds is 7. The fraction of sp³-hybridized carbons (Fsp3) is 0.923. The van der Waals surface area contributed by atoms with E-state index in [-0.39, 0.29) is 12.6 Å². The topological polar surface area (TPSA) is 58.6 Å². The Balaban J connectivity index is 2.34. The van der Waals surface area contributed by atoms with Crippen molar-refractivity contribution in [3.63, 3.8) is 0 Å². The third-order valence-corrected chi connectivity index (χ3v) is 3.50. The molecule has 0 saturated heterocycles. The number of aliphatic hydroxyl groups excluding tert-OH is 1. The normalized spacial score (nSPS) is 18.8. The van der Waals surface area contributed by atoms with E-state index < -0.39 is 25.3 Å². The first kappa shape index (κ1) is 17.2. The third kappa shape index (κ3) is 7.09. The van der Waals surface area contributed by atoms with Crippen LogP contribution in [0.2, 0.25) is 0 Å². The molecule has 1 atom stereocenters. The van der Waals surface area contributed by atoms with Gasteiger partial charge in [0.15, 0.2) is 0 Å². The molecule has 0 heterocycles. The fourth-order valence-electron chi connectivity index (χ4n) is 2.61. The van der Waals surface area contributed by atoms with Crippen LogP contribution in [0.15, 0.2) is 0 Å². The highest BCUT2D eigenvalue weighted by molar-refractivity contribution is 5.77. The molecule has 1 fully saturated rings. The van der Waals surface area contributed by atoms with Gasteiger partial charge in [-0.1, -0.05) is 19.3 Å². The Hall–Kier alpha value is -0.820. The molecule has 4 nitrogen and oxygen atoms in total. The quantitative estimate of drug-likeness (QED) is 0.756. The van der Waals surface area contributed by atoms with Crippen LogP contribution in [0.1, 0.15) is 38.5 Å². The van der Waals surface area contributed by atoms with E-state index in [1.165, 1.54) is 6.42 Å². The first-order valence-electron chi connectivity index (χ1n) is 6.97. The molecule has 2 N–H and O–H groups in total. The average Bonchev–Trinajstić information content (AvgIpc) is 2.38. The van der Waals surface area contributed by atoms with Crippen LogP contribution in [0.4, 0.5) is 13.2 Å². The van der Waals surface area contributed by atoms with Gasteiger partial charge in [-0.3, -0.25) is 4.79 Å². The van der Waals surface area contributed by atoms with Crippen molar-refractivity contribution in [2.24, 2.45) is 5.92 Å². The van der Waals surface area contributed by atoms with Crippen molar-refractivity contribution < 1.29 is 27.8 Å². The lowest BCUT2D eigenvalue weighted by Crippen LogP contribution is -2.43. The molecule has 0 bridgehead atoms. The molecule has 0 radical (unpaired) electrons. The molecular weight excluding hydrogens is 275 g/mol. The predicted molar refractivity (Wildman–Crippen MR) is 67.1 cm³/mol. The van der Waals surface area contributed by atoms with Crippen LogP contribution >= 0.6 is 0 Å². The SMILES string of the molecule is O=C(COCC(F)(F)F)NC(CCO)C1CCCCC1. The van der Waals surface area contributed by atoms with Crippen LogP contribution in [0.3, 0.4) is 0 Å². The van der Waals surface area contributed by atoms with E-state index in [2.05, 4.69) is 10.1 Å². The molecule has 1 rings (SSSR count). The number of carbonyl (C=O) groups is 1. The van der Waals surface area contributed by atoms with Gasteiger partial charge in [0.05, 0.1) is 0 Å². The first-order valence-corrected chi connectivity index (χ1v) is 6.97. The number of alkyl halides is 3. The van der Waals surface area contributed by atoms with Gasteiger partial charge in [-0.25, -0.2) is 0 Å². The molecule has 0 aliphatic heterocycles. The molecule has 1 aliphatic carbocycles. The molecule has 0 aromatic carbocycles. The lowest BCUT2D eigenvalue weighted by molar-refractivity contribution is -0.175. The van der Waals surface area contributed by atoms with Crippen molar-refractivity contribution in [3.05, 3.63) is 0 Å². The van der Waals surface area contributed by atoms with Gasteiger partial charge in [0.2, 0.25) is 5.91 Å². The maximum Gasteiger partial charge on any atom is 0.411 e. The Morgan fingerprint density at radius 3 is 2.50 bits per heavy atom. The van der Waals surface area contributed by atoms with E-state index in [4.69, 9.17) is 5.11 Å². The number of aliphatic hydroxyl groups is 1. The van der Waals surface area contributed by atoms with Crippen molar-refractivity contribution in [1.29, 1.82) is 0 Å². The van der Waals surface area contributed by atoms with Crippen molar-refractivity contribution in [2.45, 2.75) is 50.7 Å². The Kier molecular flexibility index (Phi) is 7.29. The number of carbonyl (C=O) groups excluding carboxylic acids is 1. The van der Waals surface area contributed by atoms with Crippen molar-refractivity contribution in [1.82, 2.24) is 5.32 Å². The van der Waals surface area contributed by atoms with Crippen molar-refractivity contribution in [3.8, 4) is 0 Å². The summed E-state index contributed by atoms with van der Waals surface area (Å²) in [6, 6.07) is -0.178. The number of amides is 1. The van der Waals surface area contributed by atoms with Crippen LogP contribution in [0.5, 0.6) is 0 Å². The summed E-state index contributed by atoms with van der Waals surface area (Å²) in [4.78, 5) is 11.6. The van der Waals surface area contributed by atoms with Crippen LogP contribution in [-0.4, -0.2) is 43.1 Å². The highest BCUT2D eigenvalue weighted by atomic mass is 19.4. The summed E-state index contributed by atoms with van der Waals surface area (Å²) in [5.74, 6) is -0.263. The zero-order chi connectivity index (χ0) is 15.0. The summed E-state index contributed by atoms with van der Waals surface area (Å²) in [5.41, 5.74) is 0. The summed E-state index contributed by atoms with van der Waals surface area (Å²) in [7, 11) is 0. The second-order valence-corrected chi connectivity index (χ2v) is 5.19. The van der Waals surface area contributed by atoms with E-state index in [0.29, 0.717) is 12.3 Å². The van der Waals surface area contributed by atoms with E-state index in [9.17, 15) is 18.0 Å². The number of hydrogen-bond acceptors (Lipinski definition) is 3. The van der Waals surface area contributed by atoms with E-state index in [0.717, 1.165) is 25.7 Å². The van der Waals surface area contributed by atoms with Gasteiger partial charge in [-0.05, 0) is 25.2 Å². The molecule has 118 valence electrons. The molecule has 1 aliphatic rings. The van der Waals surface area contributed by atoms with E-state index in [1.807, 2.05) is 0 Å². The van der Waals surface area contributed by atoms with Gasteiger partial charge >= 0.3 is 6.18 Å². The highest BCUT2D eigenvalue weighted by Crippen LogP contribution is 2.27. The molecule has 7 heteroatoms. The minimum absolute atomic E-state index is 0.0507. The first-order chi connectivity index (χ1) is 9.42. The van der Waals surface area contributed by atoms with Crippen molar-refractivity contribution >= 4 is 5.91 Å². The number of hydrogen-bond donors (Lipinski definition) is 2. The average molecular weight is 297 g/mol. The van der Waals surface area contributed by atoms with Crippen LogP contribution < -0.4 is 5.32 Å². The molecule has 0 aromatic rings. The smallest absolute Gasteiger partial charge is 0.396 e. The van der Waals surface area contributed by atoms with Gasteiger partial charge in [-0.2, -0.15) is 13.2 Å². The predicted octanol–water partition coefficient (Wildman–Crippen LogP) is 2.01. The third-order valence-electron chi connectivity index (χ3n) is 3.50. The zero-order valence-corrected chi connectivity index (χ0v) is 11.4. The molecule has 0 aromatic heterocycles. The minimum Gasteiger partial charge on any atom is -0.396 e. The maximum atomic E-state index is 11.9. The molecule has 20 heavy (non-hydrogen) atoms. The van der Waals surface area contributed by atoms with Gasteiger partial charge < -0.3 is 15.2 Å². The Labute approximate surface area is 116 Å². The second-order valence-electron chi connectivity index (χ2n) is 5.19. The van der Waals surface area contributed by atoms with Crippen LogP contribution in [0, 0.1) is 5.92 Å². The molecule has 1 saturated carbocycles. The van der Waals surface area contributed by atoms with Gasteiger partial charge in [0.25, 0.3) is 0 Å². The summed E-state index contributed by atoms with van der Waals surface area (Å²) in [5, 5.41) is 11.7. The summed E-state index contributed by atoms with van der Waals surface area (Å²) in [6.07, 6.45) is 1.32. The maximum absolute atomic E-state index is 11.9. The standard InChI is InChI=1S/C13H22F3NO3/c14-13(15,16)9-20-8-12(19)17-11(6-7-18)10-4-2-1-3-5-10/h10-11,18H,1-9H2,(H,17,19). The summed E-state index contributed by atoms with van der Waals surface area (Å²) < 4.78 is 40.0. The minimum atomic E-state index is -4.42. The van der Waals surface area contributed by atoms with Gasteiger partial charge in [-0.15, -0.1) is 0 Å². The second kappa shape index (κ2) is 8.46. The molecule has 1 unspecified atom stereocenters. The number of ether oxygens (including phenoxy) is 1. The number of halogens is 3. The van der Waals surface area contributed by atoms with Gasteiger partial charge in [0, 0.05) is 12.6 Å². The highest BCUT2D eigenvalue weighted by Gasteiger charge is 2.28.